The number of nitrogens with zero attached hydrogens (tertiary/aromatic N) is 3. The van der Waals surface area contributed by atoms with Crippen molar-refractivity contribution in [2.24, 2.45) is 7.05 Å². The van der Waals surface area contributed by atoms with Gasteiger partial charge >= 0.3 is 6.18 Å². The summed E-state index contributed by atoms with van der Waals surface area (Å²) in [5.74, 6) is 0.357. The molecule has 0 aliphatic carbocycles. The summed E-state index contributed by atoms with van der Waals surface area (Å²) in [6.07, 6.45) is 1.21. The smallest absolute Gasteiger partial charge is 0.352 e. The second-order valence-corrected chi connectivity index (χ2v) is 5.80. The lowest BCUT2D eigenvalue weighted by Crippen LogP contribution is -2.26. The highest BCUT2D eigenvalue weighted by Gasteiger charge is 2.29. The predicted molar refractivity (Wildman–Crippen MR) is 90.0 cm³/mol. The van der Waals surface area contributed by atoms with Gasteiger partial charge in [0, 0.05) is 26.0 Å². The van der Waals surface area contributed by atoms with E-state index in [1.54, 1.807) is 16.3 Å². The van der Waals surface area contributed by atoms with E-state index in [9.17, 15) is 18.0 Å². The summed E-state index contributed by atoms with van der Waals surface area (Å²) < 4.78 is 41.1. The van der Waals surface area contributed by atoms with Crippen LogP contribution in [0.3, 0.4) is 0 Å². The molecular formula is C18H17F3N4O. The van der Waals surface area contributed by atoms with Gasteiger partial charge < -0.3 is 9.88 Å². The van der Waals surface area contributed by atoms with Crippen molar-refractivity contribution in [2.45, 2.75) is 12.6 Å². The van der Waals surface area contributed by atoms with Crippen LogP contribution in [0.25, 0.3) is 5.82 Å². The molecule has 0 aliphatic rings. The maximum absolute atomic E-state index is 12.6. The SMILES string of the molecule is Cn1ncc(C(=O)NCCc2ccc(C(F)(F)F)cc2)c1-n1cccc1. The van der Waals surface area contributed by atoms with Gasteiger partial charge in [-0.25, -0.2) is 0 Å². The Labute approximate surface area is 148 Å². The minimum atomic E-state index is -4.35. The summed E-state index contributed by atoms with van der Waals surface area (Å²) in [4.78, 5) is 12.4. The zero-order chi connectivity index (χ0) is 18.7. The van der Waals surface area contributed by atoms with Crippen LogP contribution in [0.2, 0.25) is 0 Å². The lowest BCUT2D eigenvalue weighted by atomic mass is 10.1. The molecule has 5 nitrogen and oxygen atoms in total. The number of carbonyl (C=O) groups is 1. The number of halogens is 3. The molecule has 1 N–H and O–H groups in total. The van der Waals surface area contributed by atoms with Gasteiger partial charge in [-0.15, -0.1) is 0 Å². The molecule has 0 radical (unpaired) electrons. The van der Waals surface area contributed by atoms with E-state index in [1.165, 1.54) is 18.3 Å². The van der Waals surface area contributed by atoms with E-state index >= 15 is 0 Å². The van der Waals surface area contributed by atoms with Crippen LogP contribution < -0.4 is 5.32 Å². The lowest BCUT2D eigenvalue weighted by Gasteiger charge is -2.09. The standard InChI is InChI=1S/C18H17F3N4O/c1-24-17(25-10-2-3-11-25)15(12-23-24)16(26)22-9-8-13-4-6-14(7-5-13)18(19,20)21/h2-7,10-12H,8-9H2,1H3,(H,22,26). The number of aromatic nitrogens is 3. The molecule has 0 bridgehead atoms. The molecule has 0 aliphatic heterocycles. The highest BCUT2D eigenvalue weighted by atomic mass is 19.4. The number of hydrogen-bond donors (Lipinski definition) is 1. The number of carbonyl (C=O) groups excluding carboxylic acids is 1. The number of benzene rings is 1. The van der Waals surface area contributed by atoms with Crippen LogP contribution in [-0.2, 0) is 19.6 Å². The summed E-state index contributed by atoms with van der Waals surface area (Å²) in [6, 6.07) is 8.62. The second kappa shape index (κ2) is 7.07. The molecule has 8 heteroatoms. The third-order valence-electron chi connectivity index (χ3n) is 3.98. The summed E-state index contributed by atoms with van der Waals surface area (Å²) in [7, 11) is 1.74. The van der Waals surface area contributed by atoms with Gasteiger partial charge in [0.1, 0.15) is 11.4 Å². The summed E-state index contributed by atoms with van der Waals surface area (Å²) in [5, 5.41) is 6.90. The summed E-state index contributed by atoms with van der Waals surface area (Å²) in [5.41, 5.74) is 0.461. The number of aryl methyl sites for hydroxylation is 1. The van der Waals surface area contributed by atoms with E-state index in [0.29, 0.717) is 24.3 Å². The van der Waals surface area contributed by atoms with Gasteiger partial charge in [0.05, 0.1) is 11.8 Å². The van der Waals surface area contributed by atoms with Crippen molar-refractivity contribution in [2.75, 3.05) is 6.54 Å². The maximum Gasteiger partial charge on any atom is 0.416 e. The first-order valence-electron chi connectivity index (χ1n) is 7.96. The van der Waals surface area contributed by atoms with Crippen molar-refractivity contribution in [3.05, 3.63) is 71.7 Å². The van der Waals surface area contributed by atoms with Crippen molar-refractivity contribution < 1.29 is 18.0 Å². The fraction of sp³-hybridized carbons (Fsp3) is 0.222. The van der Waals surface area contributed by atoms with E-state index in [4.69, 9.17) is 0 Å². The molecule has 1 aromatic carbocycles. The maximum atomic E-state index is 12.6. The Morgan fingerprint density at radius 1 is 1.15 bits per heavy atom. The molecule has 3 rings (SSSR count). The zero-order valence-electron chi connectivity index (χ0n) is 14.0. The molecule has 0 fully saturated rings. The topological polar surface area (TPSA) is 51.9 Å². The molecule has 2 aromatic heterocycles. The molecule has 26 heavy (non-hydrogen) atoms. The Balaban J connectivity index is 1.62. The fourth-order valence-corrected chi connectivity index (χ4v) is 2.65. The minimum absolute atomic E-state index is 0.284. The number of amides is 1. The van der Waals surface area contributed by atoms with Gasteiger partial charge in [-0.05, 0) is 36.2 Å². The minimum Gasteiger partial charge on any atom is -0.352 e. The van der Waals surface area contributed by atoms with E-state index in [-0.39, 0.29) is 5.91 Å². The highest BCUT2D eigenvalue weighted by Crippen LogP contribution is 2.29. The lowest BCUT2D eigenvalue weighted by molar-refractivity contribution is -0.137. The first-order valence-corrected chi connectivity index (χ1v) is 7.96. The Bertz CT molecular complexity index is 880. The molecule has 0 saturated heterocycles. The predicted octanol–water partition coefficient (Wildman–Crippen LogP) is 3.20. The van der Waals surface area contributed by atoms with E-state index in [1.807, 2.05) is 24.5 Å². The fourth-order valence-electron chi connectivity index (χ4n) is 2.65. The molecular weight excluding hydrogens is 345 g/mol. The van der Waals surface area contributed by atoms with E-state index in [0.717, 1.165) is 17.7 Å². The largest absolute Gasteiger partial charge is 0.416 e. The van der Waals surface area contributed by atoms with Crippen molar-refractivity contribution >= 4 is 5.91 Å². The zero-order valence-corrected chi connectivity index (χ0v) is 14.0. The molecule has 2 heterocycles. The second-order valence-electron chi connectivity index (χ2n) is 5.80. The number of nitrogens with one attached hydrogen (secondary N) is 1. The van der Waals surface area contributed by atoms with Gasteiger partial charge in [-0.1, -0.05) is 12.1 Å². The van der Waals surface area contributed by atoms with Crippen LogP contribution >= 0.6 is 0 Å². The van der Waals surface area contributed by atoms with Gasteiger partial charge in [-0.2, -0.15) is 18.3 Å². The van der Waals surface area contributed by atoms with E-state index < -0.39 is 11.7 Å². The van der Waals surface area contributed by atoms with Crippen molar-refractivity contribution in [3.8, 4) is 5.82 Å². The quantitative estimate of drug-likeness (QED) is 0.758. The molecule has 136 valence electrons. The summed E-state index contributed by atoms with van der Waals surface area (Å²) >= 11 is 0. The van der Waals surface area contributed by atoms with Gasteiger partial charge in [0.2, 0.25) is 0 Å². The molecule has 0 saturated carbocycles. The van der Waals surface area contributed by atoms with E-state index in [2.05, 4.69) is 10.4 Å². The van der Waals surface area contributed by atoms with Crippen molar-refractivity contribution in [1.82, 2.24) is 19.7 Å². The van der Waals surface area contributed by atoms with Crippen molar-refractivity contribution in [3.63, 3.8) is 0 Å². The van der Waals surface area contributed by atoms with Crippen LogP contribution in [0.4, 0.5) is 13.2 Å². The molecule has 3 aromatic rings. The first kappa shape index (κ1) is 17.8. The van der Waals surface area contributed by atoms with Crippen LogP contribution in [0.1, 0.15) is 21.5 Å². The third-order valence-corrected chi connectivity index (χ3v) is 3.98. The average molecular weight is 362 g/mol. The molecule has 1 amide bonds. The molecule has 0 atom stereocenters. The average Bonchev–Trinajstić information content (AvgIpc) is 3.23. The van der Waals surface area contributed by atoms with Crippen LogP contribution in [0.5, 0.6) is 0 Å². The normalized spacial score (nSPS) is 11.5. The Hall–Kier alpha value is -3.03. The Kier molecular flexibility index (Phi) is 4.83. The monoisotopic (exact) mass is 362 g/mol. The van der Waals surface area contributed by atoms with Crippen molar-refractivity contribution in [1.29, 1.82) is 0 Å². The number of hydrogen-bond acceptors (Lipinski definition) is 2. The van der Waals surface area contributed by atoms with Crippen LogP contribution in [0.15, 0.2) is 55.0 Å². The third kappa shape index (κ3) is 3.79. The molecule has 0 unspecified atom stereocenters. The number of alkyl halides is 3. The molecule has 0 spiro atoms. The number of rotatable bonds is 5. The first-order chi connectivity index (χ1) is 12.4. The highest BCUT2D eigenvalue weighted by molar-refractivity contribution is 5.97. The van der Waals surface area contributed by atoms with Gasteiger partial charge in [0.25, 0.3) is 5.91 Å². The Morgan fingerprint density at radius 2 is 1.81 bits per heavy atom. The van der Waals surface area contributed by atoms with Crippen LogP contribution in [-0.4, -0.2) is 26.8 Å². The summed E-state index contributed by atoms with van der Waals surface area (Å²) in [6.45, 7) is 0.310. The van der Waals surface area contributed by atoms with Gasteiger partial charge in [-0.3, -0.25) is 9.48 Å². The Morgan fingerprint density at radius 3 is 2.42 bits per heavy atom. The van der Waals surface area contributed by atoms with Crippen LogP contribution in [0, 0.1) is 0 Å². The van der Waals surface area contributed by atoms with Gasteiger partial charge in [0.15, 0.2) is 0 Å².